The van der Waals surface area contributed by atoms with E-state index in [4.69, 9.17) is 4.74 Å². The number of anilines is 1. The van der Waals surface area contributed by atoms with Gasteiger partial charge in [-0.3, -0.25) is 14.0 Å². The first-order valence-corrected chi connectivity index (χ1v) is 11.8. The fraction of sp³-hybridized carbons (Fsp3) is 0.409. The second kappa shape index (κ2) is 9.49. The molecule has 1 amide bonds. The molecular weight excluding hydrogens is 402 g/mol. The molecule has 1 fully saturated rings. The predicted molar refractivity (Wildman–Crippen MR) is 118 cm³/mol. The summed E-state index contributed by atoms with van der Waals surface area (Å²) in [6.07, 6.45) is 1.12. The highest BCUT2D eigenvalue weighted by Crippen LogP contribution is 2.24. The van der Waals surface area contributed by atoms with Gasteiger partial charge in [0.2, 0.25) is 15.9 Å². The lowest BCUT2D eigenvalue weighted by molar-refractivity contribution is -0.133. The molecule has 7 nitrogen and oxygen atoms in total. The number of methoxy groups -OCH3 is 1. The minimum Gasteiger partial charge on any atom is -0.497 e. The standard InChI is InChI=1S/C22H29N3O4S/c1-18(25(30(3,27)28)20-9-11-21(29-2)12-10-20)22(26)24-15-13-23(14-16-24)17-19-7-5-4-6-8-19/h4-12,18H,13-17H2,1-3H3/t18-/m0/s1. The molecule has 1 saturated heterocycles. The highest BCUT2D eigenvalue weighted by Gasteiger charge is 2.33. The largest absolute Gasteiger partial charge is 0.497 e. The van der Waals surface area contributed by atoms with Crippen molar-refractivity contribution in [1.29, 1.82) is 0 Å². The number of piperazine rings is 1. The highest BCUT2D eigenvalue weighted by molar-refractivity contribution is 7.92. The topological polar surface area (TPSA) is 70.2 Å². The van der Waals surface area contributed by atoms with Crippen LogP contribution in [-0.2, 0) is 21.4 Å². The Morgan fingerprint density at radius 2 is 1.63 bits per heavy atom. The number of sulfonamides is 1. The lowest BCUT2D eigenvalue weighted by atomic mass is 10.2. The van der Waals surface area contributed by atoms with Gasteiger partial charge < -0.3 is 9.64 Å². The molecule has 162 valence electrons. The van der Waals surface area contributed by atoms with Gasteiger partial charge in [0.05, 0.1) is 19.1 Å². The number of ether oxygens (including phenoxy) is 1. The first-order chi connectivity index (χ1) is 14.3. The predicted octanol–water partition coefficient (Wildman–Crippen LogP) is 2.19. The van der Waals surface area contributed by atoms with Crippen LogP contribution in [0.1, 0.15) is 12.5 Å². The molecule has 1 aliphatic rings. The quantitative estimate of drug-likeness (QED) is 0.672. The van der Waals surface area contributed by atoms with Crippen LogP contribution in [0.3, 0.4) is 0 Å². The summed E-state index contributed by atoms with van der Waals surface area (Å²) in [5.41, 5.74) is 1.69. The van der Waals surface area contributed by atoms with Crippen LogP contribution in [0.15, 0.2) is 54.6 Å². The Labute approximate surface area is 178 Å². The molecule has 0 bridgehead atoms. The second-order valence-electron chi connectivity index (χ2n) is 7.52. The van der Waals surface area contributed by atoms with Crippen molar-refractivity contribution in [1.82, 2.24) is 9.80 Å². The number of hydrogen-bond donors (Lipinski definition) is 0. The average molecular weight is 432 g/mol. The second-order valence-corrected chi connectivity index (χ2v) is 9.38. The average Bonchev–Trinajstić information content (AvgIpc) is 2.74. The zero-order chi connectivity index (χ0) is 21.7. The summed E-state index contributed by atoms with van der Waals surface area (Å²) in [6.45, 7) is 5.17. The van der Waals surface area contributed by atoms with Crippen LogP contribution in [0.5, 0.6) is 5.75 Å². The van der Waals surface area contributed by atoms with Gasteiger partial charge in [-0.1, -0.05) is 30.3 Å². The summed E-state index contributed by atoms with van der Waals surface area (Å²) in [5, 5.41) is 0. The van der Waals surface area contributed by atoms with Crippen molar-refractivity contribution < 1.29 is 17.9 Å². The van der Waals surface area contributed by atoms with E-state index < -0.39 is 16.1 Å². The highest BCUT2D eigenvalue weighted by atomic mass is 32.2. The third kappa shape index (κ3) is 5.31. The molecule has 0 N–H and O–H groups in total. The molecule has 1 heterocycles. The van der Waals surface area contributed by atoms with Crippen molar-refractivity contribution in [3.05, 3.63) is 60.2 Å². The van der Waals surface area contributed by atoms with Gasteiger partial charge in [0.15, 0.2) is 0 Å². The molecule has 1 atom stereocenters. The molecule has 2 aromatic carbocycles. The van der Waals surface area contributed by atoms with Gasteiger partial charge in [0.25, 0.3) is 0 Å². The van der Waals surface area contributed by atoms with Gasteiger partial charge in [0.1, 0.15) is 11.8 Å². The van der Waals surface area contributed by atoms with Gasteiger partial charge in [-0.2, -0.15) is 0 Å². The minimum absolute atomic E-state index is 0.185. The van der Waals surface area contributed by atoms with Crippen LogP contribution in [0.2, 0.25) is 0 Å². The van der Waals surface area contributed by atoms with Crippen molar-refractivity contribution in [2.45, 2.75) is 19.5 Å². The van der Waals surface area contributed by atoms with E-state index in [-0.39, 0.29) is 5.91 Å². The van der Waals surface area contributed by atoms with Crippen LogP contribution in [-0.4, -0.2) is 69.7 Å². The normalized spacial score (nSPS) is 16.2. The fourth-order valence-corrected chi connectivity index (χ4v) is 4.93. The van der Waals surface area contributed by atoms with Gasteiger partial charge in [-0.25, -0.2) is 8.42 Å². The van der Waals surface area contributed by atoms with Crippen molar-refractivity contribution in [2.24, 2.45) is 0 Å². The Morgan fingerprint density at radius 3 is 2.17 bits per heavy atom. The summed E-state index contributed by atoms with van der Waals surface area (Å²) < 4.78 is 31.3. The number of carbonyl (C=O) groups excluding carboxylic acids is 1. The number of carbonyl (C=O) groups is 1. The molecular formula is C22H29N3O4S. The van der Waals surface area contributed by atoms with Crippen LogP contribution < -0.4 is 9.04 Å². The SMILES string of the molecule is COc1ccc(N([C@@H](C)C(=O)N2CCN(Cc3ccccc3)CC2)S(C)(=O)=O)cc1. The van der Waals surface area contributed by atoms with Gasteiger partial charge in [0, 0.05) is 32.7 Å². The van der Waals surface area contributed by atoms with E-state index in [2.05, 4.69) is 17.0 Å². The first kappa shape index (κ1) is 22.1. The molecule has 0 aliphatic carbocycles. The smallest absolute Gasteiger partial charge is 0.246 e. The molecule has 2 aromatic rings. The molecule has 8 heteroatoms. The van der Waals surface area contributed by atoms with E-state index in [1.165, 1.54) is 9.87 Å². The van der Waals surface area contributed by atoms with E-state index in [1.54, 1.807) is 43.2 Å². The van der Waals surface area contributed by atoms with Crippen molar-refractivity contribution in [3.8, 4) is 5.75 Å². The molecule has 0 spiro atoms. The lowest BCUT2D eigenvalue weighted by Crippen LogP contribution is -2.55. The van der Waals surface area contributed by atoms with Crippen molar-refractivity contribution in [2.75, 3.05) is 43.8 Å². The Morgan fingerprint density at radius 1 is 1.03 bits per heavy atom. The monoisotopic (exact) mass is 431 g/mol. The molecule has 0 unspecified atom stereocenters. The maximum Gasteiger partial charge on any atom is 0.246 e. The van der Waals surface area contributed by atoms with Crippen molar-refractivity contribution in [3.63, 3.8) is 0 Å². The third-order valence-electron chi connectivity index (χ3n) is 5.33. The summed E-state index contributed by atoms with van der Waals surface area (Å²) in [4.78, 5) is 17.2. The number of amides is 1. The van der Waals surface area contributed by atoms with Crippen LogP contribution in [0.25, 0.3) is 0 Å². The Hall–Kier alpha value is -2.58. The molecule has 0 saturated carbocycles. The first-order valence-electron chi connectivity index (χ1n) is 9.98. The zero-order valence-electron chi connectivity index (χ0n) is 17.7. The van der Waals surface area contributed by atoms with Crippen LogP contribution in [0, 0.1) is 0 Å². The van der Waals surface area contributed by atoms with Crippen LogP contribution in [0.4, 0.5) is 5.69 Å². The van der Waals surface area contributed by atoms with E-state index in [0.717, 1.165) is 25.9 Å². The van der Waals surface area contributed by atoms with Gasteiger partial charge in [-0.15, -0.1) is 0 Å². The molecule has 3 rings (SSSR count). The van der Waals surface area contributed by atoms with E-state index in [1.807, 2.05) is 18.2 Å². The number of rotatable bonds is 7. The number of hydrogen-bond acceptors (Lipinski definition) is 5. The van der Waals surface area contributed by atoms with Gasteiger partial charge >= 0.3 is 0 Å². The summed E-state index contributed by atoms with van der Waals surface area (Å²) in [6, 6.07) is 16.1. The molecule has 1 aliphatic heterocycles. The summed E-state index contributed by atoms with van der Waals surface area (Å²) in [5.74, 6) is 0.441. The maximum absolute atomic E-state index is 13.1. The Kier molecular flexibility index (Phi) is 6.99. The van der Waals surface area contributed by atoms with E-state index in [9.17, 15) is 13.2 Å². The molecule has 30 heavy (non-hydrogen) atoms. The van der Waals surface area contributed by atoms with Gasteiger partial charge in [-0.05, 0) is 36.8 Å². The zero-order valence-corrected chi connectivity index (χ0v) is 18.5. The third-order valence-corrected chi connectivity index (χ3v) is 6.57. The molecule has 0 aromatic heterocycles. The summed E-state index contributed by atoms with van der Waals surface area (Å²) >= 11 is 0. The fourth-order valence-electron chi connectivity index (χ4n) is 3.76. The Balaban J connectivity index is 1.67. The van der Waals surface area contributed by atoms with Crippen LogP contribution >= 0.6 is 0 Å². The van der Waals surface area contributed by atoms with E-state index >= 15 is 0 Å². The van der Waals surface area contributed by atoms with Crippen molar-refractivity contribution >= 4 is 21.6 Å². The molecule has 0 radical (unpaired) electrons. The van der Waals surface area contributed by atoms with E-state index in [0.29, 0.717) is 24.5 Å². The Bertz CT molecular complexity index is 940. The maximum atomic E-state index is 13.1. The minimum atomic E-state index is -3.64. The lowest BCUT2D eigenvalue weighted by Gasteiger charge is -2.38. The summed E-state index contributed by atoms with van der Waals surface area (Å²) in [7, 11) is -2.09. The number of nitrogens with zero attached hydrogens (tertiary/aromatic N) is 3. The number of benzene rings is 2.